The van der Waals surface area contributed by atoms with Gasteiger partial charge in [0, 0.05) is 41.3 Å². The van der Waals surface area contributed by atoms with Crippen LogP contribution in [0, 0.1) is 0 Å². The first-order valence-corrected chi connectivity index (χ1v) is 7.70. The van der Waals surface area contributed by atoms with E-state index in [1.807, 2.05) is 29.8 Å². The van der Waals surface area contributed by atoms with Crippen molar-refractivity contribution in [3.8, 4) is 0 Å². The minimum atomic E-state index is 0.0558. The van der Waals surface area contributed by atoms with Gasteiger partial charge in [-0.3, -0.25) is 4.79 Å². The number of amides is 1. The van der Waals surface area contributed by atoms with Gasteiger partial charge in [-0.25, -0.2) is 0 Å². The lowest BCUT2D eigenvalue weighted by molar-refractivity contribution is 0.0749. The zero-order chi connectivity index (χ0) is 14.0. The molecule has 1 N–H and O–H groups in total. The fourth-order valence-electron chi connectivity index (χ4n) is 2.27. The van der Waals surface area contributed by atoms with Gasteiger partial charge in [-0.05, 0) is 32.0 Å². The Bertz CT molecular complexity index is 490. The maximum Gasteiger partial charge on any atom is 0.256 e. The van der Waals surface area contributed by atoms with E-state index in [0.717, 1.165) is 24.5 Å². The van der Waals surface area contributed by atoms with Gasteiger partial charge in [-0.15, -0.1) is 0 Å². The molecule has 0 radical (unpaired) electrons. The standard InChI is InChI=1S/C14H19ClN2OS/c1-14(2)9-17(6-7-19-14)13(18)11-8-10(15)4-5-12(11)16-3/h4-5,8,16H,6-7,9H2,1-3H3. The van der Waals surface area contributed by atoms with E-state index in [4.69, 9.17) is 11.6 Å². The highest BCUT2D eigenvalue weighted by Gasteiger charge is 2.30. The molecule has 0 aliphatic carbocycles. The van der Waals surface area contributed by atoms with Crippen molar-refractivity contribution in [2.45, 2.75) is 18.6 Å². The molecule has 1 saturated heterocycles. The molecule has 1 heterocycles. The van der Waals surface area contributed by atoms with Crippen molar-refractivity contribution in [2.24, 2.45) is 0 Å². The van der Waals surface area contributed by atoms with E-state index in [2.05, 4.69) is 19.2 Å². The lowest BCUT2D eigenvalue weighted by atomic mass is 10.1. The second-order valence-electron chi connectivity index (χ2n) is 5.27. The molecular weight excluding hydrogens is 280 g/mol. The molecule has 2 rings (SSSR count). The summed E-state index contributed by atoms with van der Waals surface area (Å²) in [5.41, 5.74) is 1.48. The summed E-state index contributed by atoms with van der Waals surface area (Å²) in [6.45, 7) is 5.91. The van der Waals surface area contributed by atoms with Crippen molar-refractivity contribution >= 4 is 35.0 Å². The molecule has 1 amide bonds. The predicted octanol–water partition coefficient (Wildman–Crippen LogP) is 3.35. The molecule has 1 aromatic carbocycles. The van der Waals surface area contributed by atoms with Crippen LogP contribution in [0.2, 0.25) is 5.02 Å². The number of carbonyl (C=O) groups is 1. The summed E-state index contributed by atoms with van der Waals surface area (Å²) in [5.74, 6) is 1.04. The van der Waals surface area contributed by atoms with E-state index in [1.54, 1.807) is 12.1 Å². The van der Waals surface area contributed by atoms with E-state index in [1.165, 1.54) is 0 Å². The third kappa shape index (κ3) is 3.37. The molecule has 0 saturated carbocycles. The van der Waals surface area contributed by atoms with Crippen LogP contribution in [-0.2, 0) is 0 Å². The highest BCUT2D eigenvalue weighted by Crippen LogP contribution is 2.31. The molecule has 19 heavy (non-hydrogen) atoms. The molecular formula is C14H19ClN2OS. The summed E-state index contributed by atoms with van der Waals surface area (Å²) in [5, 5.41) is 3.64. The Kier molecular flexibility index (Phi) is 4.31. The summed E-state index contributed by atoms with van der Waals surface area (Å²) in [6.07, 6.45) is 0. The Morgan fingerprint density at radius 2 is 2.21 bits per heavy atom. The number of thioether (sulfide) groups is 1. The van der Waals surface area contributed by atoms with Crippen molar-refractivity contribution in [3.05, 3.63) is 28.8 Å². The van der Waals surface area contributed by atoms with E-state index in [-0.39, 0.29) is 10.7 Å². The molecule has 0 aromatic heterocycles. The van der Waals surface area contributed by atoms with Crippen LogP contribution < -0.4 is 5.32 Å². The number of rotatable bonds is 2. The minimum Gasteiger partial charge on any atom is -0.387 e. The van der Waals surface area contributed by atoms with Crippen LogP contribution >= 0.6 is 23.4 Å². The maximum atomic E-state index is 12.6. The van der Waals surface area contributed by atoms with Gasteiger partial charge in [-0.1, -0.05) is 11.6 Å². The Hall–Kier alpha value is -0.870. The van der Waals surface area contributed by atoms with E-state index >= 15 is 0 Å². The number of hydrogen-bond donors (Lipinski definition) is 1. The molecule has 3 nitrogen and oxygen atoms in total. The van der Waals surface area contributed by atoms with Gasteiger partial charge in [0.2, 0.25) is 0 Å². The smallest absolute Gasteiger partial charge is 0.256 e. The molecule has 0 bridgehead atoms. The number of carbonyl (C=O) groups excluding carboxylic acids is 1. The minimum absolute atomic E-state index is 0.0558. The third-order valence-electron chi connectivity index (χ3n) is 3.19. The second-order valence-corrected chi connectivity index (χ2v) is 7.51. The first kappa shape index (κ1) is 14.5. The van der Waals surface area contributed by atoms with Gasteiger partial charge >= 0.3 is 0 Å². The van der Waals surface area contributed by atoms with Crippen molar-refractivity contribution in [3.63, 3.8) is 0 Å². The van der Waals surface area contributed by atoms with Crippen LogP contribution in [0.4, 0.5) is 5.69 Å². The van der Waals surface area contributed by atoms with Crippen molar-refractivity contribution in [2.75, 3.05) is 31.2 Å². The average molecular weight is 299 g/mol. The Morgan fingerprint density at radius 1 is 1.47 bits per heavy atom. The maximum absolute atomic E-state index is 12.6. The predicted molar refractivity (Wildman–Crippen MR) is 83.4 cm³/mol. The van der Waals surface area contributed by atoms with Gasteiger partial charge in [0.15, 0.2) is 0 Å². The van der Waals surface area contributed by atoms with Gasteiger partial charge in [0.25, 0.3) is 5.91 Å². The molecule has 1 aromatic rings. The summed E-state index contributed by atoms with van der Waals surface area (Å²) >= 11 is 7.92. The Morgan fingerprint density at radius 3 is 2.84 bits per heavy atom. The van der Waals surface area contributed by atoms with Crippen molar-refractivity contribution in [1.82, 2.24) is 4.90 Å². The number of anilines is 1. The van der Waals surface area contributed by atoms with Crippen LogP contribution in [0.15, 0.2) is 18.2 Å². The molecule has 1 fully saturated rings. The summed E-state index contributed by atoms with van der Waals surface area (Å²) in [7, 11) is 1.82. The van der Waals surface area contributed by atoms with Crippen molar-refractivity contribution in [1.29, 1.82) is 0 Å². The van der Waals surface area contributed by atoms with Crippen LogP contribution in [0.5, 0.6) is 0 Å². The molecule has 0 unspecified atom stereocenters. The first-order chi connectivity index (χ1) is 8.93. The molecule has 104 valence electrons. The van der Waals surface area contributed by atoms with E-state index in [0.29, 0.717) is 10.6 Å². The fraction of sp³-hybridized carbons (Fsp3) is 0.500. The molecule has 0 atom stereocenters. The number of nitrogens with one attached hydrogen (secondary N) is 1. The van der Waals surface area contributed by atoms with E-state index < -0.39 is 0 Å². The monoisotopic (exact) mass is 298 g/mol. The van der Waals surface area contributed by atoms with Gasteiger partial charge in [0.05, 0.1) is 5.56 Å². The average Bonchev–Trinajstić information content (AvgIpc) is 2.36. The molecule has 1 aliphatic heterocycles. The largest absolute Gasteiger partial charge is 0.387 e. The lowest BCUT2D eigenvalue weighted by Crippen LogP contribution is -2.46. The molecule has 0 spiro atoms. The van der Waals surface area contributed by atoms with Crippen LogP contribution in [0.25, 0.3) is 0 Å². The van der Waals surface area contributed by atoms with Gasteiger partial charge in [-0.2, -0.15) is 11.8 Å². The van der Waals surface area contributed by atoms with Crippen LogP contribution in [-0.4, -0.2) is 41.4 Å². The molecule has 5 heteroatoms. The summed E-state index contributed by atoms with van der Waals surface area (Å²) in [6, 6.07) is 5.38. The normalized spacial score (nSPS) is 18.2. The zero-order valence-corrected chi connectivity index (χ0v) is 13.1. The lowest BCUT2D eigenvalue weighted by Gasteiger charge is -2.37. The summed E-state index contributed by atoms with van der Waals surface area (Å²) in [4.78, 5) is 14.6. The van der Waals surface area contributed by atoms with Crippen molar-refractivity contribution < 1.29 is 4.79 Å². The number of hydrogen-bond acceptors (Lipinski definition) is 3. The second kappa shape index (κ2) is 5.63. The number of nitrogens with zero attached hydrogens (tertiary/aromatic N) is 1. The quantitative estimate of drug-likeness (QED) is 0.909. The van der Waals surface area contributed by atoms with Crippen LogP contribution in [0.1, 0.15) is 24.2 Å². The van der Waals surface area contributed by atoms with E-state index in [9.17, 15) is 4.79 Å². The number of benzene rings is 1. The van der Waals surface area contributed by atoms with Gasteiger partial charge in [0.1, 0.15) is 0 Å². The fourth-order valence-corrected chi connectivity index (χ4v) is 3.56. The highest BCUT2D eigenvalue weighted by molar-refractivity contribution is 8.00. The van der Waals surface area contributed by atoms with Gasteiger partial charge < -0.3 is 10.2 Å². The third-order valence-corrected chi connectivity index (χ3v) is 4.73. The first-order valence-electron chi connectivity index (χ1n) is 6.33. The Labute approximate surface area is 123 Å². The highest BCUT2D eigenvalue weighted by atomic mass is 35.5. The molecule has 1 aliphatic rings. The number of halogens is 1. The van der Waals surface area contributed by atoms with Crippen LogP contribution in [0.3, 0.4) is 0 Å². The SMILES string of the molecule is CNc1ccc(Cl)cc1C(=O)N1CCSC(C)(C)C1. The summed E-state index contributed by atoms with van der Waals surface area (Å²) < 4.78 is 0.117. The Balaban J connectivity index is 2.26. The topological polar surface area (TPSA) is 32.3 Å². The zero-order valence-electron chi connectivity index (χ0n) is 11.5.